The second-order valence-corrected chi connectivity index (χ2v) is 10.4. The highest BCUT2D eigenvalue weighted by Gasteiger charge is 2.41. The van der Waals surface area contributed by atoms with E-state index < -0.39 is 24.1 Å². The maximum Gasteiger partial charge on any atom is 0.247 e. The van der Waals surface area contributed by atoms with E-state index in [4.69, 9.17) is 11.5 Å². The van der Waals surface area contributed by atoms with Gasteiger partial charge in [-0.15, -0.1) is 24.8 Å². The molecule has 40 heavy (non-hydrogen) atoms. The summed E-state index contributed by atoms with van der Waals surface area (Å²) in [6.07, 6.45) is 4.39. The molecule has 1 aliphatic carbocycles. The van der Waals surface area contributed by atoms with Crippen LogP contribution in [0.25, 0.3) is 0 Å². The van der Waals surface area contributed by atoms with Crippen LogP contribution in [0.3, 0.4) is 0 Å². The number of nitrogens with one attached hydrogen (secondary N) is 2. The molecule has 0 radical (unpaired) electrons. The Morgan fingerprint density at radius 3 is 2.50 bits per heavy atom. The van der Waals surface area contributed by atoms with Crippen molar-refractivity contribution in [3.05, 3.63) is 65.2 Å². The molecule has 2 aliphatic rings. The summed E-state index contributed by atoms with van der Waals surface area (Å²) in [5.41, 5.74) is 16.0. The Kier molecular flexibility index (Phi) is 13.3. The molecule has 2 aromatic carbocycles. The Labute approximate surface area is 248 Å². The Morgan fingerprint density at radius 1 is 1.05 bits per heavy atom. The van der Waals surface area contributed by atoms with Gasteiger partial charge >= 0.3 is 0 Å². The zero-order valence-corrected chi connectivity index (χ0v) is 24.2. The van der Waals surface area contributed by atoms with Crippen LogP contribution in [0.2, 0.25) is 0 Å². The number of carbonyl (C=O) groups excluding carboxylic acids is 3. The molecule has 11 heteroatoms. The lowest BCUT2D eigenvalue weighted by Gasteiger charge is -2.27. The third-order valence-corrected chi connectivity index (χ3v) is 7.45. The smallest absolute Gasteiger partial charge is 0.247 e. The number of anilines is 1. The highest BCUT2D eigenvalue weighted by molar-refractivity contribution is 5.98. The summed E-state index contributed by atoms with van der Waals surface area (Å²) >= 11 is 0. The summed E-state index contributed by atoms with van der Waals surface area (Å²) in [6.45, 7) is 0.169. The van der Waals surface area contributed by atoms with Gasteiger partial charge in [-0.25, -0.2) is 0 Å². The number of amides is 3. The quantitative estimate of drug-likeness (QED) is 0.269. The van der Waals surface area contributed by atoms with Gasteiger partial charge in [0.15, 0.2) is 0 Å². The monoisotopic (exact) mass is 593 g/mol. The van der Waals surface area contributed by atoms with Crippen molar-refractivity contribution in [1.29, 1.82) is 0 Å². The number of nitrogens with zero attached hydrogens (tertiary/aromatic N) is 1. The normalized spacial score (nSPS) is 19.0. The fourth-order valence-corrected chi connectivity index (χ4v) is 5.41. The number of halogens is 2. The lowest BCUT2D eigenvalue weighted by atomic mass is 10.1. The number of aryl methyl sites for hydroxylation is 3. The van der Waals surface area contributed by atoms with Gasteiger partial charge < -0.3 is 32.1 Å². The van der Waals surface area contributed by atoms with Crippen molar-refractivity contribution in [2.45, 2.75) is 75.6 Å². The average molecular weight is 595 g/mol. The number of fused-ring (bicyclic) bond motifs is 1. The van der Waals surface area contributed by atoms with E-state index in [1.807, 2.05) is 48.5 Å². The van der Waals surface area contributed by atoms with Crippen molar-refractivity contribution < 1.29 is 19.5 Å². The molecular weight excluding hydrogens is 553 g/mol. The molecule has 1 aliphatic heterocycles. The van der Waals surface area contributed by atoms with E-state index >= 15 is 0 Å². The summed E-state index contributed by atoms with van der Waals surface area (Å²) in [6, 6.07) is 13.8. The van der Waals surface area contributed by atoms with E-state index in [2.05, 4.69) is 10.6 Å². The summed E-state index contributed by atoms with van der Waals surface area (Å²) < 4.78 is 0. The van der Waals surface area contributed by atoms with Gasteiger partial charge in [0.1, 0.15) is 6.04 Å². The number of aliphatic hydroxyl groups excluding tert-OH is 1. The molecule has 1 unspecified atom stereocenters. The largest absolute Gasteiger partial charge is 0.392 e. The molecule has 7 N–H and O–H groups in total. The third-order valence-electron chi connectivity index (χ3n) is 7.45. The maximum atomic E-state index is 13.4. The van der Waals surface area contributed by atoms with E-state index in [1.165, 1.54) is 21.6 Å². The molecule has 3 amide bonds. The SMILES string of the molecule is Cl.Cl.NCC(O)C[C@H](N)C(=O)N1C[C@H](NC(=O)CCCc2ccccc2)C[C@H]1C(=O)Nc1ccc2c(c1)CCC2. The molecule has 0 saturated carbocycles. The number of hydrogen-bond donors (Lipinski definition) is 5. The van der Waals surface area contributed by atoms with Crippen molar-refractivity contribution in [2.24, 2.45) is 11.5 Å². The minimum Gasteiger partial charge on any atom is -0.392 e. The minimum absolute atomic E-state index is 0. The molecule has 1 heterocycles. The number of rotatable bonds is 11. The van der Waals surface area contributed by atoms with Crippen molar-refractivity contribution in [2.75, 3.05) is 18.4 Å². The van der Waals surface area contributed by atoms with E-state index in [1.54, 1.807) is 0 Å². The van der Waals surface area contributed by atoms with Gasteiger partial charge in [0.2, 0.25) is 17.7 Å². The predicted molar refractivity (Wildman–Crippen MR) is 161 cm³/mol. The fourth-order valence-electron chi connectivity index (χ4n) is 5.41. The van der Waals surface area contributed by atoms with Crippen LogP contribution in [-0.4, -0.2) is 65.0 Å². The Hall–Kier alpha value is -2.69. The number of nitrogens with two attached hydrogens (primary N) is 2. The molecule has 2 aromatic rings. The van der Waals surface area contributed by atoms with E-state index in [-0.39, 0.29) is 62.2 Å². The maximum absolute atomic E-state index is 13.4. The van der Waals surface area contributed by atoms with Crippen LogP contribution in [-0.2, 0) is 33.6 Å². The number of benzene rings is 2. The summed E-state index contributed by atoms with van der Waals surface area (Å²) in [7, 11) is 0. The van der Waals surface area contributed by atoms with Crippen LogP contribution < -0.4 is 22.1 Å². The van der Waals surface area contributed by atoms with Crippen molar-refractivity contribution in [1.82, 2.24) is 10.2 Å². The standard InChI is InChI=1S/C29H39N5O4.2ClH/c30-17-24(35)16-25(31)29(38)34-18-23(32-27(36)11-4-8-19-6-2-1-3-7-19)15-26(34)28(37)33-22-13-12-20-9-5-10-21(20)14-22;;/h1-3,6-7,12-14,23-26,35H,4-5,8-11,15-18,30-31H2,(H,32,36)(H,33,37);2*1H/t23-,24?,25+,26+;;/m1../s1. The molecule has 0 bridgehead atoms. The zero-order chi connectivity index (χ0) is 27.1. The van der Waals surface area contributed by atoms with Crippen LogP contribution in [0.15, 0.2) is 48.5 Å². The van der Waals surface area contributed by atoms with Gasteiger partial charge in [-0.05, 0) is 73.8 Å². The minimum atomic E-state index is -0.996. The first-order valence-electron chi connectivity index (χ1n) is 13.5. The molecular formula is C29H41Cl2N5O4. The Bertz CT molecular complexity index is 1140. The number of hydrogen-bond acceptors (Lipinski definition) is 6. The van der Waals surface area contributed by atoms with Gasteiger partial charge in [0.05, 0.1) is 12.1 Å². The van der Waals surface area contributed by atoms with Gasteiger partial charge in [0, 0.05) is 31.2 Å². The first-order chi connectivity index (χ1) is 18.3. The van der Waals surface area contributed by atoms with Crippen molar-refractivity contribution in [3.8, 4) is 0 Å². The first kappa shape index (κ1) is 33.5. The van der Waals surface area contributed by atoms with Crippen LogP contribution in [0, 0.1) is 0 Å². The van der Waals surface area contributed by atoms with E-state index in [0.717, 1.165) is 25.7 Å². The fraction of sp³-hybridized carbons (Fsp3) is 0.483. The van der Waals surface area contributed by atoms with E-state index in [0.29, 0.717) is 24.9 Å². The number of aliphatic hydroxyl groups is 1. The Balaban J connectivity index is 0.00000280. The number of carbonyl (C=O) groups is 3. The summed E-state index contributed by atoms with van der Waals surface area (Å²) in [5.74, 6) is -0.864. The predicted octanol–water partition coefficient (Wildman–Crippen LogP) is 2.10. The topological polar surface area (TPSA) is 151 Å². The van der Waals surface area contributed by atoms with Crippen molar-refractivity contribution in [3.63, 3.8) is 0 Å². The molecule has 0 spiro atoms. The lowest BCUT2D eigenvalue weighted by Crippen LogP contribution is -2.51. The number of likely N-dealkylation sites (tertiary alicyclic amines) is 1. The molecule has 1 fully saturated rings. The van der Waals surface area contributed by atoms with E-state index in [9.17, 15) is 19.5 Å². The van der Waals surface area contributed by atoms with Crippen LogP contribution in [0.1, 0.15) is 48.8 Å². The molecule has 4 atom stereocenters. The first-order valence-corrected chi connectivity index (χ1v) is 13.5. The van der Waals surface area contributed by atoms with Gasteiger partial charge in [-0.3, -0.25) is 14.4 Å². The van der Waals surface area contributed by atoms with Gasteiger partial charge in [-0.1, -0.05) is 36.4 Å². The molecule has 0 aromatic heterocycles. The highest BCUT2D eigenvalue weighted by atomic mass is 35.5. The highest BCUT2D eigenvalue weighted by Crippen LogP contribution is 2.26. The van der Waals surface area contributed by atoms with Crippen LogP contribution in [0.5, 0.6) is 0 Å². The summed E-state index contributed by atoms with van der Waals surface area (Å²) in [4.78, 5) is 40.7. The van der Waals surface area contributed by atoms with Crippen LogP contribution >= 0.6 is 24.8 Å². The van der Waals surface area contributed by atoms with Crippen molar-refractivity contribution >= 4 is 48.2 Å². The molecule has 4 rings (SSSR count). The molecule has 1 saturated heterocycles. The third kappa shape index (κ3) is 8.91. The molecule has 9 nitrogen and oxygen atoms in total. The second kappa shape index (κ2) is 15.9. The van der Waals surface area contributed by atoms with Gasteiger partial charge in [0.25, 0.3) is 0 Å². The lowest BCUT2D eigenvalue weighted by molar-refractivity contribution is -0.138. The zero-order valence-electron chi connectivity index (χ0n) is 22.6. The summed E-state index contributed by atoms with van der Waals surface area (Å²) in [5, 5.41) is 15.9. The van der Waals surface area contributed by atoms with Gasteiger partial charge in [-0.2, -0.15) is 0 Å². The average Bonchev–Trinajstić information content (AvgIpc) is 3.55. The van der Waals surface area contributed by atoms with Crippen LogP contribution in [0.4, 0.5) is 5.69 Å². The molecule has 220 valence electrons. The second-order valence-electron chi connectivity index (χ2n) is 10.4. The Morgan fingerprint density at radius 2 is 1.77 bits per heavy atom.